The summed E-state index contributed by atoms with van der Waals surface area (Å²) in [5.74, 6) is -0.222. The molecule has 0 spiro atoms. The average Bonchev–Trinajstić information content (AvgIpc) is 3.62. The molecule has 0 aliphatic heterocycles. The molecule has 0 unspecified atom stereocenters. The second-order valence-electron chi connectivity index (χ2n) is 8.64. The van der Waals surface area contributed by atoms with Crippen molar-refractivity contribution in [2.45, 2.75) is 51.1 Å². The number of nitriles is 1. The fourth-order valence-corrected chi connectivity index (χ4v) is 4.25. The molecule has 0 aromatic heterocycles. The molecule has 0 bridgehead atoms. The molecule has 2 aliphatic rings. The van der Waals surface area contributed by atoms with Crippen LogP contribution in [0, 0.1) is 18.3 Å². The fraction of sp³-hybridized carbons (Fsp3) is 0.370. The van der Waals surface area contributed by atoms with Crippen molar-refractivity contribution in [3.8, 4) is 6.07 Å². The Morgan fingerprint density at radius 2 is 1.91 bits per heavy atom. The van der Waals surface area contributed by atoms with E-state index in [9.17, 15) is 9.59 Å². The molecule has 34 heavy (non-hydrogen) atoms. The van der Waals surface area contributed by atoms with E-state index in [4.69, 9.17) is 5.26 Å². The summed E-state index contributed by atoms with van der Waals surface area (Å²) >= 11 is 3.57. The van der Waals surface area contributed by atoms with E-state index in [2.05, 4.69) is 57.0 Å². The molecule has 3 N–H and O–H groups in total. The Balaban J connectivity index is 0.000000212. The molecule has 2 fully saturated rings. The highest BCUT2D eigenvalue weighted by Crippen LogP contribution is 2.45. The topological polar surface area (TPSA) is 94.0 Å². The summed E-state index contributed by atoms with van der Waals surface area (Å²) in [7, 11) is 2.04. The number of rotatable bonds is 8. The zero-order valence-electron chi connectivity index (χ0n) is 19.7. The van der Waals surface area contributed by atoms with Crippen LogP contribution in [-0.4, -0.2) is 25.8 Å². The highest BCUT2D eigenvalue weighted by Gasteiger charge is 2.42. The molecule has 1 amide bonds. The van der Waals surface area contributed by atoms with Crippen LogP contribution < -0.4 is 16.0 Å². The monoisotopic (exact) mass is 522 g/mol. The van der Waals surface area contributed by atoms with E-state index in [1.54, 1.807) is 12.1 Å². The number of carbonyl (C=O) groups excluding carboxylic acids is 2. The number of nitrogens with one attached hydrogen (secondary N) is 3. The van der Waals surface area contributed by atoms with Gasteiger partial charge in [-0.1, -0.05) is 52.3 Å². The third-order valence-corrected chi connectivity index (χ3v) is 7.31. The molecule has 2 aromatic carbocycles. The number of nitrogens with zero attached hydrogens (tertiary/aromatic N) is 1. The summed E-state index contributed by atoms with van der Waals surface area (Å²) in [5.41, 5.74) is 5.91. The largest absolute Gasteiger partial charge is 0.368 e. The lowest BCUT2D eigenvalue weighted by Gasteiger charge is -2.22. The predicted octanol–water partition coefficient (Wildman–Crippen LogP) is 4.63. The molecule has 178 valence electrons. The first-order valence-corrected chi connectivity index (χ1v) is 12.3. The van der Waals surface area contributed by atoms with Crippen molar-refractivity contribution < 1.29 is 9.59 Å². The first kappa shape index (κ1) is 25.7. The molecule has 2 aromatic rings. The van der Waals surface area contributed by atoms with Crippen LogP contribution in [0.4, 0.5) is 0 Å². The van der Waals surface area contributed by atoms with Crippen molar-refractivity contribution in [2.24, 2.45) is 0 Å². The minimum Gasteiger partial charge on any atom is -0.368 e. The highest BCUT2D eigenvalue weighted by atomic mass is 79.9. The molecule has 2 aliphatic carbocycles. The molecule has 4 rings (SSSR count). The summed E-state index contributed by atoms with van der Waals surface area (Å²) in [6.07, 6.45) is 6.17. The van der Waals surface area contributed by atoms with Gasteiger partial charge in [-0.15, -0.1) is 0 Å². The summed E-state index contributed by atoms with van der Waals surface area (Å²) in [5, 5.41) is 17.7. The molecule has 0 saturated heterocycles. The maximum Gasteiger partial charge on any atom is 0.267 e. The second kappa shape index (κ2) is 12.0. The minimum absolute atomic E-state index is 0.108. The van der Waals surface area contributed by atoms with Crippen molar-refractivity contribution in [3.63, 3.8) is 0 Å². The summed E-state index contributed by atoms with van der Waals surface area (Å²) in [6, 6.07) is 15.7. The van der Waals surface area contributed by atoms with Gasteiger partial charge in [-0.25, -0.2) is 0 Å². The Hall–Kier alpha value is -2.95. The third-order valence-electron chi connectivity index (χ3n) is 6.46. The predicted molar refractivity (Wildman–Crippen MR) is 137 cm³/mol. The summed E-state index contributed by atoms with van der Waals surface area (Å²) in [4.78, 5) is 23.2. The van der Waals surface area contributed by atoms with Gasteiger partial charge in [-0.3, -0.25) is 9.59 Å². The molecular weight excluding hydrogens is 492 g/mol. The third kappa shape index (κ3) is 6.34. The van der Waals surface area contributed by atoms with Gasteiger partial charge in [0.25, 0.3) is 5.91 Å². The first-order valence-electron chi connectivity index (χ1n) is 11.5. The quantitative estimate of drug-likeness (QED) is 0.267. The van der Waals surface area contributed by atoms with Crippen LogP contribution in [0.25, 0.3) is 0 Å². The lowest BCUT2D eigenvalue weighted by Crippen LogP contribution is -2.34. The van der Waals surface area contributed by atoms with Crippen LogP contribution in [0.15, 0.2) is 58.2 Å². The van der Waals surface area contributed by atoms with Crippen LogP contribution in [0.3, 0.4) is 0 Å². The van der Waals surface area contributed by atoms with Gasteiger partial charge >= 0.3 is 0 Å². The SMILES string of the molecule is CNC1(c2ccc(C)c(Br)c2)CC1.N#CCNC(C(=O)NCc1ccccc1C=O)=C1CCC1. The number of aldehydes is 1. The Morgan fingerprint density at radius 1 is 1.18 bits per heavy atom. The Bertz CT molecular complexity index is 1110. The fourth-order valence-electron chi connectivity index (χ4n) is 3.87. The van der Waals surface area contributed by atoms with Crippen molar-refractivity contribution in [1.29, 1.82) is 5.26 Å². The smallest absolute Gasteiger partial charge is 0.267 e. The Morgan fingerprint density at radius 3 is 2.47 bits per heavy atom. The van der Waals surface area contributed by atoms with Crippen LogP contribution in [0.2, 0.25) is 0 Å². The molecule has 0 heterocycles. The van der Waals surface area contributed by atoms with Gasteiger partial charge in [0.15, 0.2) is 0 Å². The minimum atomic E-state index is -0.222. The number of hydrogen-bond acceptors (Lipinski definition) is 5. The van der Waals surface area contributed by atoms with E-state index in [1.165, 1.54) is 28.4 Å². The normalized spacial score (nSPS) is 15.1. The first-order chi connectivity index (χ1) is 16.4. The number of carbonyl (C=O) groups is 2. The van der Waals surface area contributed by atoms with E-state index in [1.807, 2.05) is 25.2 Å². The maximum absolute atomic E-state index is 12.2. The number of halogens is 1. The Labute approximate surface area is 209 Å². The van der Waals surface area contributed by atoms with E-state index in [0.717, 1.165) is 36.7 Å². The van der Waals surface area contributed by atoms with Gasteiger partial charge in [0, 0.05) is 22.1 Å². The van der Waals surface area contributed by atoms with Gasteiger partial charge in [0.1, 0.15) is 12.8 Å². The molecular formula is C27H31BrN4O2. The van der Waals surface area contributed by atoms with E-state index in [0.29, 0.717) is 17.8 Å². The van der Waals surface area contributed by atoms with Crippen molar-refractivity contribution in [1.82, 2.24) is 16.0 Å². The number of hydrogen-bond donors (Lipinski definition) is 3. The number of benzene rings is 2. The van der Waals surface area contributed by atoms with E-state index >= 15 is 0 Å². The van der Waals surface area contributed by atoms with Crippen molar-refractivity contribution >= 4 is 28.1 Å². The van der Waals surface area contributed by atoms with Crippen molar-refractivity contribution in [2.75, 3.05) is 13.6 Å². The van der Waals surface area contributed by atoms with Gasteiger partial charge in [0.2, 0.25) is 0 Å². The zero-order valence-corrected chi connectivity index (χ0v) is 21.3. The molecule has 7 heteroatoms. The molecule has 6 nitrogen and oxygen atoms in total. The highest BCUT2D eigenvalue weighted by molar-refractivity contribution is 9.10. The van der Waals surface area contributed by atoms with Crippen LogP contribution in [0.1, 0.15) is 59.2 Å². The average molecular weight is 523 g/mol. The van der Waals surface area contributed by atoms with E-state index < -0.39 is 0 Å². The van der Waals surface area contributed by atoms with Gasteiger partial charge in [0.05, 0.1) is 11.8 Å². The number of aryl methyl sites for hydroxylation is 1. The van der Waals surface area contributed by atoms with Crippen LogP contribution in [-0.2, 0) is 16.9 Å². The van der Waals surface area contributed by atoms with Crippen LogP contribution >= 0.6 is 15.9 Å². The summed E-state index contributed by atoms with van der Waals surface area (Å²) in [6.45, 7) is 2.52. The van der Waals surface area contributed by atoms with Gasteiger partial charge < -0.3 is 16.0 Å². The lowest BCUT2D eigenvalue weighted by atomic mass is 9.90. The van der Waals surface area contributed by atoms with E-state index in [-0.39, 0.29) is 18.0 Å². The number of amides is 1. The zero-order chi connectivity index (χ0) is 24.6. The lowest BCUT2D eigenvalue weighted by molar-refractivity contribution is -0.118. The van der Waals surface area contributed by atoms with Crippen LogP contribution in [0.5, 0.6) is 0 Å². The standard InChI is InChI=1S/C16H17N3O2.C11H14BrN/c17-8-9-18-15(12-6-3-7-12)16(21)19-10-13-4-1-2-5-14(13)11-20;1-8-3-4-9(7-10(8)12)11(13-2)5-6-11/h1-2,4-5,11,18H,3,6-7,9-10H2,(H,19,21);3-4,7,13H,5-6H2,1-2H3. The van der Waals surface area contributed by atoms with Crippen molar-refractivity contribution in [3.05, 3.63) is 80.5 Å². The molecule has 0 radical (unpaired) electrons. The summed E-state index contributed by atoms with van der Waals surface area (Å²) < 4.78 is 1.21. The Kier molecular flexibility index (Phi) is 9.03. The molecule has 0 atom stereocenters. The van der Waals surface area contributed by atoms with Gasteiger partial charge in [-0.2, -0.15) is 5.26 Å². The number of allylic oxidation sites excluding steroid dienone is 1. The second-order valence-corrected chi connectivity index (χ2v) is 9.49. The maximum atomic E-state index is 12.2. The molecule has 2 saturated carbocycles. The van der Waals surface area contributed by atoms with Gasteiger partial charge in [-0.05, 0) is 74.4 Å².